The van der Waals surface area contributed by atoms with Crippen LogP contribution in [0.2, 0.25) is 0 Å². The molecule has 0 aliphatic carbocycles. The molecule has 0 N–H and O–H groups in total. The summed E-state index contributed by atoms with van der Waals surface area (Å²) >= 11 is 0. The number of nitrogens with zero attached hydrogens (tertiary/aromatic N) is 3. The lowest BCUT2D eigenvalue weighted by atomic mass is 10.3. The van der Waals surface area contributed by atoms with Crippen LogP contribution < -0.4 is 4.90 Å². The zero-order chi connectivity index (χ0) is 13.8. The molecular weight excluding hydrogens is 254 g/mol. The first-order valence-corrected chi connectivity index (χ1v) is 6.84. The van der Waals surface area contributed by atoms with Crippen LogP contribution in [-0.2, 0) is 0 Å². The van der Waals surface area contributed by atoms with Crippen molar-refractivity contribution in [3.8, 4) is 0 Å². The van der Waals surface area contributed by atoms with Gasteiger partial charge in [0.1, 0.15) is 6.26 Å². The normalized spacial score (nSPS) is 16.0. The summed E-state index contributed by atoms with van der Waals surface area (Å²) in [5.74, 6) is -0.0475. The van der Waals surface area contributed by atoms with Gasteiger partial charge >= 0.3 is 0 Å². The van der Waals surface area contributed by atoms with Crippen molar-refractivity contribution in [1.29, 1.82) is 0 Å². The Hall–Kier alpha value is -2.30. The van der Waals surface area contributed by atoms with Crippen LogP contribution in [0.3, 0.4) is 0 Å². The van der Waals surface area contributed by atoms with Gasteiger partial charge in [0.25, 0.3) is 5.91 Å². The number of amides is 1. The second-order valence-corrected chi connectivity index (χ2v) is 4.85. The van der Waals surface area contributed by atoms with Gasteiger partial charge in [0, 0.05) is 37.9 Å². The summed E-state index contributed by atoms with van der Waals surface area (Å²) in [7, 11) is 0. The van der Waals surface area contributed by atoms with Gasteiger partial charge in [-0.3, -0.25) is 4.79 Å². The maximum atomic E-state index is 12.2. The van der Waals surface area contributed by atoms with Crippen LogP contribution >= 0.6 is 0 Å². The molecule has 1 aliphatic heterocycles. The van der Waals surface area contributed by atoms with E-state index in [0.717, 1.165) is 26.1 Å². The van der Waals surface area contributed by atoms with Gasteiger partial charge in [-0.15, -0.1) is 0 Å². The fourth-order valence-electron chi connectivity index (χ4n) is 2.50. The van der Waals surface area contributed by atoms with E-state index in [2.05, 4.69) is 22.2 Å². The maximum Gasteiger partial charge on any atom is 0.276 e. The van der Waals surface area contributed by atoms with Crippen molar-refractivity contribution in [2.45, 2.75) is 6.42 Å². The molecule has 104 valence electrons. The molecule has 5 heteroatoms. The van der Waals surface area contributed by atoms with Crippen molar-refractivity contribution < 1.29 is 9.32 Å². The summed E-state index contributed by atoms with van der Waals surface area (Å²) in [6, 6.07) is 11.9. The lowest BCUT2D eigenvalue weighted by Crippen LogP contribution is -2.35. The highest BCUT2D eigenvalue weighted by molar-refractivity contribution is 5.92. The van der Waals surface area contributed by atoms with E-state index in [0.29, 0.717) is 12.2 Å². The Labute approximate surface area is 117 Å². The Morgan fingerprint density at radius 2 is 1.90 bits per heavy atom. The molecule has 0 saturated carbocycles. The van der Waals surface area contributed by atoms with E-state index in [1.165, 1.54) is 12.0 Å². The van der Waals surface area contributed by atoms with Crippen LogP contribution in [0.15, 0.2) is 47.2 Å². The van der Waals surface area contributed by atoms with Crippen LogP contribution in [0.1, 0.15) is 16.9 Å². The van der Waals surface area contributed by atoms with E-state index in [9.17, 15) is 4.79 Å². The van der Waals surface area contributed by atoms with Gasteiger partial charge in [-0.05, 0) is 18.6 Å². The first-order valence-electron chi connectivity index (χ1n) is 6.84. The molecule has 1 saturated heterocycles. The number of benzene rings is 1. The fraction of sp³-hybridized carbons (Fsp3) is 0.333. The van der Waals surface area contributed by atoms with Gasteiger partial charge in [-0.25, -0.2) is 0 Å². The molecule has 0 bridgehead atoms. The van der Waals surface area contributed by atoms with Crippen molar-refractivity contribution >= 4 is 11.6 Å². The predicted octanol–water partition coefficient (Wildman–Crippen LogP) is 2.03. The first-order chi connectivity index (χ1) is 9.84. The van der Waals surface area contributed by atoms with Crippen molar-refractivity contribution in [3.63, 3.8) is 0 Å². The van der Waals surface area contributed by atoms with Gasteiger partial charge in [0.05, 0.1) is 0 Å². The smallest absolute Gasteiger partial charge is 0.276 e. The van der Waals surface area contributed by atoms with Crippen LogP contribution in [0.5, 0.6) is 0 Å². The third-order valence-corrected chi connectivity index (χ3v) is 3.56. The molecule has 1 aromatic heterocycles. The molecule has 0 spiro atoms. The van der Waals surface area contributed by atoms with E-state index in [4.69, 9.17) is 4.52 Å². The zero-order valence-electron chi connectivity index (χ0n) is 11.2. The number of carbonyl (C=O) groups is 1. The zero-order valence-corrected chi connectivity index (χ0v) is 11.2. The third-order valence-electron chi connectivity index (χ3n) is 3.56. The molecule has 0 radical (unpaired) electrons. The monoisotopic (exact) mass is 271 g/mol. The summed E-state index contributed by atoms with van der Waals surface area (Å²) in [6.07, 6.45) is 2.39. The van der Waals surface area contributed by atoms with Gasteiger partial charge in [-0.2, -0.15) is 0 Å². The van der Waals surface area contributed by atoms with Crippen LogP contribution in [0.25, 0.3) is 0 Å². The molecule has 3 rings (SSSR count). The van der Waals surface area contributed by atoms with Gasteiger partial charge in [0.2, 0.25) is 0 Å². The second-order valence-electron chi connectivity index (χ2n) is 4.85. The summed E-state index contributed by atoms with van der Waals surface area (Å²) in [5, 5.41) is 3.72. The van der Waals surface area contributed by atoms with Crippen LogP contribution in [0, 0.1) is 0 Å². The standard InChI is InChI=1S/C15H17N3O2/c19-15(14-7-12-20-16-14)18-9-4-8-17(10-11-18)13-5-2-1-3-6-13/h1-3,5-7,12H,4,8-11H2. The molecule has 1 fully saturated rings. The van der Waals surface area contributed by atoms with E-state index in [-0.39, 0.29) is 5.91 Å². The summed E-state index contributed by atoms with van der Waals surface area (Å²) in [6.45, 7) is 3.27. The van der Waals surface area contributed by atoms with Crippen molar-refractivity contribution in [3.05, 3.63) is 48.4 Å². The number of aromatic nitrogens is 1. The number of hydrogen-bond acceptors (Lipinski definition) is 4. The molecule has 1 amide bonds. The van der Waals surface area contributed by atoms with Crippen molar-refractivity contribution in [2.24, 2.45) is 0 Å². The Kier molecular flexibility index (Phi) is 3.67. The molecule has 2 aromatic rings. The van der Waals surface area contributed by atoms with Crippen LogP contribution in [-0.4, -0.2) is 42.1 Å². The fourth-order valence-corrected chi connectivity index (χ4v) is 2.50. The van der Waals surface area contributed by atoms with Gasteiger partial charge in [-0.1, -0.05) is 23.4 Å². The summed E-state index contributed by atoms with van der Waals surface area (Å²) in [5.41, 5.74) is 1.60. The first kappa shape index (κ1) is 12.7. The van der Waals surface area contributed by atoms with Gasteiger partial charge in [0.15, 0.2) is 5.69 Å². The molecular formula is C15H17N3O2. The highest BCUT2D eigenvalue weighted by atomic mass is 16.5. The van der Waals surface area contributed by atoms with E-state index < -0.39 is 0 Å². The third kappa shape index (κ3) is 2.66. The molecule has 0 atom stereocenters. The lowest BCUT2D eigenvalue weighted by Gasteiger charge is -2.23. The molecule has 5 nitrogen and oxygen atoms in total. The molecule has 1 aromatic carbocycles. The van der Waals surface area contributed by atoms with E-state index >= 15 is 0 Å². The van der Waals surface area contributed by atoms with E-state index in [1.54, 1.807) is 6.07 Å². The lowest BCUT2D eigenvalue weighted by molar-refractivity contribution is 0.0756. The molecule has 2 heterocycles. The Morgan fingerprint density at radius 1 is 1.05 bits per heavy atom. The average molecular weight is 271 g/mol. The predicted molar refractivity (Wildman–Crippen MR) is 75.7 cm³/mol. The maximum absolute atomic E-state index is 12.2. The highest BCUT2D eigenvalue weighted by Crippen LogP contribution is 2.16. The summed E-state index contributed by atoms with van der Waals surface area (Å²) < 4.78 is 4.74. The summed E-state index contributed by atoms with van der Waals surface area (Å²) in [4.78, 5) is 16.4. The largest absolute Gasteiger partial charge is 0.370 e. The van der Waals surface area contributed by atoms with Gasteiger partial charge < -0.3 is 14.3 Å². The molecule has 20 heavy (non-hydrogen) atoms. The average Bonchev–Trinajstić information content (AvgIpc) is 2.92. The number of para-hydroxylation sites is 1. The molecule has 0 unspecified atom stereocenters. The number of carbonyl (C=O) groups excluding carboxylic acids is 1. The Balaban J connectivity index is 1.67. The number of anilines is 1. The molecule has 1 aliphatic rings. The van der Waals surface area contributed by atoms with E-state index in [1.807, 2.05) is 23.1 Å². The quantitative estimate of drug-likeness (QED) is 0.838. The second kappa shape index (κ2) is 5.77. The van der Waals surface area contributed by atoms with Crippen molar-refractivity contribution in [2.75, 3.05) is 31.1 Å². The Morgan fingerprint density at radius 3 is 2.65 bits per heavy atom. The minimum absolute atomic E-state index is 0.0475. The minimum Gasteiger partial charge on any atom is -0.370 e. The topological polar surface area (TPSA) is 49.6 Å². The SMILES string of the molecule is O=C(c1ccon1)N1CCCN(c2ccccc2)CC1. The van der Waals surface area contributed by atoms with Crippen molar-refractivity contribution in [1.82, 2.24) is 10.1 Å². The van der Waals surface area contributed by atoms with Crippen LogP contribution in [0.4, 0.5) is 5.69 Å². The highest BCUT2D eigenvalue weighted by Gasteiger charge is 2.21. The number of rotatable bonds is 2. The number of hydrogen-bond donors (Lipinski definition) is 0. The Bertz CT molecular complexity index is 554. The minimum atomic E-state index is -0.0475.